The van der Waals surface area contributed by atoms with Crippen molar-refractivity contribution in [1.29, 1.82) is 0 Å². The number of rotatable bonds is 0. The van der Waals surface area contributed by atoms with E-state index in [-0.39, 0.29) is 6.10 Å². The van der Waals surface area contributed by atoms with Gasteiger partial charge in [-0.15, -0.1) is 0 Å². The molecule has 4 aliphatic carbocycles. The van der Waals surface area contributed by atoms with E-state index < -0.39 is 0 Å². The van der Waals surface area contributed by atoms with Crippen LogP contribution in [-0.4, -0.2) is 11.2 Å². The van der Waals surface area contributed by atoms with Crippen LogP contribution in [0.1, 0.15) is 71.1 Å². The fourth-order valence-corrected chi connectivity index (χ4v) is 6.85. The maximum atomic E-state index is 10.5. The van der Waals surface area contributed by atoms with Gasteiger partial charge in [0.05, 0.1) is 6.10 Å². The summed E-state index contributed by atoms with van der Waals surface area (Å²) in [5.41, 5.74) is 0.488. The molecule has 7 atom stereocenters. The summed E-state index contributed by atoms with van der Waals surface area (Å²) in [6.07, 6.45) is 14.2. The Bertz CT molecular complexity index is 352. The van der Waals surface area contributed by atoms with Crippen molar-refractivity contribution < 1.29 is 5.11 Å². The lowest BCUT2D eigenvalue weighted by Gasteiger charge is -2.55. The minimum Gasteiger partial charge on any atom is -0.393 e. The zero-order valence-corrected chi connectivity index (χ0v) is 12.5. The summed E-state index contributed by atoms with van der Waals surface area (Å²) in [6, 6.07) is 0. The van der Waals surface area contributed by atoms with E-state index in [0.29, 0.717) is 11.3 Å². The Morgan fingerprint density at radius 2 is 1.58 bits per heavy atom. The maximum Gasteiger partial charge on any atom is 0.0576 e. The van der Waals surface area contributed by atoms with Gasteiger partial charge in [0.25, 0.3) is 0 Å². The lowest BCUT2D eigenvalue weighted by atomic mass is 9.50. The summed E-state index contributed by atoms with van der Waals surface area (Å²) in [5, 5.41) is 10.5. The summed E-state index contributed by atoms with van der Waals surface area (Å²) >= 11 is 0. The van der Waals surface area contributed by atoms with Crippen LogP contribution in [0.5, 0.6) is 0 Å². The van der Waals surface area contributed by atoms with Gasteiger partial charge in [0.1, 0.15) is 0 Å². The number of hydrogen-bond acceptors (Lipinski definition) is 1. The molecule has 0 aromatic rings. The fraction of sp³-hybridized carbons (Fsp3) is 1.00. The second-order valence-corrected chi connectivity index (χ2v) is 8.44. The maximum absolute atomic E-state index is 10.5. The van der Waals surface area contributed by atoms with Gasteiger partial charge in [-0.1, -0.05) is 26.2 Å². The van der Waals surface area contributed by atoms with E-state index in [1.54, 1.807) is 0 Å². The fourth-order valence-electron chi connectivity index (χ4n) is 6.85. The molecule has 19 heavy (non-hydrogen) atoms. The molecule has 0 spiro atoms. The van der Waals surface area contributed by atoms with Crippen molar-refractivity contribution >= 4 is 0 Å². The van der Waals surface area contributed by atoms with Gasteiger partial charge in [-0.2, -0.15) is 0 Å². The van der Waals surface area contributed by atoms with Crippen LogP contribution in [0.15, 0.2) is 0 Å². The van der Waals surface area contributed by atoms with Crippen LogP contribution in [-0.2, 0) is 0 Å². The van der Waals surface area contributed by atoms with E-state index in [1.807, 2.05) is 0 Å². The first kappa shape index (κ1) is 12.7. The van der Waals surface area contributed by atoms with Gasteiger partial charge >= 0.3 is 0 Å². The highest BCUT2D eigenvalue weighted by Crippen LogP contribution is 2.62. The molecule has 4 rings (SSSR count). The lowest BCUT2D eigenvalue weighted by molar-refractivity contribution is -0.0804. The van der Waals surface area contributed by atoms with Crippen LogP contribution in [0.3, 0.4) is 0 Å². The van der Waals surface area contributed by atoms with Gasteiger partial charge in [0, 0.05) is 0 Å². The van der Waals surface area contributed by atoms with Crippen molar-refractivity contribution in [2.45, 2.75) is 77.2 Å². The second-order valence-electron chi connectivity index (χ2n) is 8.44. The Morgan fingerprint density at radius 1 is 0.789 bits per heavy atom. The van der Waals surface area contributed by atoms with E-state index in [2.05, 4.69) is 6.92 Å². The molecule has 0 radical (unpaired) electrons. The Morgan fingerprint density at radius 3 is 2.47 bits per heavy atom. The molecule has 1 nitrogen and oxygen atoms in total. The Kier molecular flexibility index (Phi) is 2.99. The quantitative estimate of drug-likeness (QED) is 0.686. The lowest BCUT2D eigenvalue weighted by Crippen LogP contribution is -2.49. The minimum atomic E-state index is 0.0259. The van der Waals surface area contributed by atoms with Crippen molar-refractivity contribution in [1.82, 2.24) is 0 Å². The van der Waals surface area contributed by atoms with Crippen LogP contribution in [0, 0.1) is 35.0 Å². The third kappa shape index (κ3) is 1.83. The number of aliphatic hydroxyl groups excluding tert-OH is 1. The highest BCUT2D eigenvalue weighted by molar-refractivity contribution is 5.05. The molecule has 4 fully saturated rings. The normalized spacial score (nSPS) is 57.2. The standard InChI is InChI=1S/C18H30O/c1-18-10-8-14-13-5-3-2-4-12(13)6-7-15(14)17(18)16(19)9-11-18/h12-17,19H,2-11H2,1H3/t12?,13-,14+,15+,16?,17+,18+/m0/s1. The number of aliphatic hydroxyl groups is 1. The molecule has 4 saturated carbocycles. The van der Waals surface area contributed by atoms with E-state index in [0.717, 1.165) is 30.1 Å². The third-order valence-corrected chi connectivity index (χ3v) is 7.68. The molecule has 0 aromatic carbocycles. The Hall–Kier alpha value is -0.0400. The largest absolute Gasteiger partial charge is 0.393 e. The van der Waals surface area contributed by atoms with Crippen LogP contribution in [0.2, 0.25) is 0 Å². The minimum absolute atomic E-state index is 0.0259. The predicted octanol–water partition coefficient (Wildman–Crippen LogP) is 4.39. The predicted molar refractivity (Wildman–Crippen MR) is 77.7 cm³/mol. The molecule has 2 unspecified atom stereocenters. The van der Waals surface area contributed by atoms with E-state index in [4.69, 9.17) is 0 Å². The monoisotopic (exact) mass is 262 g/mol. The van der Waals surface area contributed by atoms with Crippen molar-refractivity contribution in [3.63, 3.8) is 0 Å². The molecular weight excluding hydrogens is 232 g/mol. The van der Waals surface area contributed by atoms with Gasteiger partial charge in [-0.05, 0) is 80.0 Å². The number of fused-ring (bicyclic) bond motifs is 5. The molecule has 0 heterocycles. The topological polar surface area (TPSA) is 20.2 Å². The van der Waals surface area contributed by atoms with E-state index in [9.17, 15) is 5.11 Å². The molecule has 1 heteroatoms. The smallest absolute Gasteiger partial charge is 0.0576 e. The average molecular weight is 262 g/mol. The van der Waals surface area contributed by atoms with Gasteiger partial charge in [-0.25, -0.2) is 0 Å². The first-order valence-electron chi connectivity index (χ1n) is 8.87. The molecule has 0 saturated heterocycles. The molecule has 0 aromatic heterocycles. The first-order chi connectivity index (χ1) is 9.19. The van der Waals surface area contributed by atoms with E-state index in [1.165, 1.54) is 57.8 Å². The summed E-state index contributed by atoms with van der Waals surface area (Å²) in [5.74, 6) is 4.58. The van der Waals surface area contributed by atoms with Crippen molar-refractivity contribution in [3.8, 4) is 0 Å². The molecule has 4 aliphatic rings. The van der Waals surface area contributed by atoms with E-state index >= 15 is 0 Å². The summed E-state index contributed by atoms with van der Waals surface area (Å²) in [4.78, 5) is 0. The first-order valence-corrected chi connectivity index (χ1v) is 8.87. The molecular formula is C18H30O. The Labute approximate surface area is 118 Å². The molecule has 108 valence electrons. The van der Waals surface area contributed by atoms with Crippen molar-refractivity contribution in [2.24, 2.45) is 35.0 Å². The highest BCUT2D eigenvalue weighted by atomic mass is 16.3. The van der Waals surface area contributed by atoms with Crippen LogP contribution < -0.4 is 0 Å². The summed E-state index contributed by atoms with van der Waals surface area (Å²) < 4.78 is 0. The van der Waals surface area contributed by atoms with Crippen molar-refractivity contribution in [3.05, 3.63) is 0 Å². The molecule has 0 amide bonds. The zero-order chi connectivity index (χ0) is 13.0. The summed E-state index contributed by atoms with van der Waals surface area (Å²) in [6.45, 7) is 2.48. The number of hydrogen-bond donors (Lipinski definition) is 1. The van der Waals surface area contributed by atoms with Crippen LogP contribution >= 0.6 is 0 Å². The van der Waals surface area contributed by atoms with Crippen LogP contribution in [0.4, 0.5) is 0 Å². The van der Waals surface area contributed by atoms with Gasteiger partial charge in [0.15, 0.2) is 0 Å². The van der Waals surface area contributed by atoms with Crippen LogP contribution in [0.25, 0.3) is 0 Å². The highest BCUT2D eigenvalue weighted by Gasteiger charge is 2.56. The third-order valence-electron chi connectivity index (χ3n) is 7.68. The van der Waals surface area contributed by atoms with Crippen molar-refractivity contribution in [2.75, 3.05) is 0 Å². The average Bonchev–Trinajstić information content (AvgIpc) is 2.74. The van der Waals surface area contributed by atoms with Gasteiger partial charge < -0.3 is 5.11 Å². The summed E-state index contributed by atoms with van der Waals surface area (Å²) in [7, 11) is 0. The van der Waals surface area contributed by atoms with Gasteiger partial charge in [0.2, 0.25) is 0 Å². The molecule has 0 bridgehead atoms. The van der Waals surface area contributed by atoms with Gasteiger partial charge in [-0.3, -0.25) is 0 Å². The molecule has 1 N–H and O–H groups in total. The molecule has 0 aliphatic heterocycles. The second kappa shape index (κ2) is 4.48. The Balaban J connectivity index is 1.61. The zero-order valence-electron chi connectivity index (χ0n) is 12.5. The SMILES string of the molecule is C[C@@]12CCC(O)[C@H]1[C@@H]1CCC3CCCC[C@@H]3[C@H]1CC2.